The van der Waals surface area contributed by atoms with Gasteiger partial charge in [-0.25, -0.2) is 4.68 Å². The van der Waals surface area contributed by atoms with Crippen molar-refractivity contribution < 1.29 is 9.59 Å². The van der Waals surface area contributed by atoms with E-state index < -0.39 is 0 Å². The van der Waals surface area contributed by atoms with Gasteiger partial charge in [0.2, 0.25) is 5.91 Å². The number of fused-ring (bicyclic) bond motifs is 1. The number of piperidine rings is 1. The normalized spacial score (nSPS) is 17.2. The molecule has 2 N–H and O–H groups in total. The van der Waals surface area contributed by atoms with Crippen LogP contribution in [0, 0.1) is 5.92 Å². The summed E-state index contributed by atoms with van der Waals surface area (Å²) in [6.07, 6.45) is 4.30. The molecule has 27 heavy (non-hydrogen) atoms. The topological polar surface area (TPSA) is 98.3 Å². The molecule has 0 bridgehead atoms. The van der Waals surface area contributed by atoms with Gasteiger partial charge in [0, 0.05) is 25.0 Å². The molecule has 1 atom stereocenters. The van der Waals surface area contributed by atoms with Crippen molar-refractivity contribution in [1.82, 2.24) is 14.7 Å². The highest BCUT2D eigenvalue weighted by molar-refractivity contribution is 6.05. The second-order valence-corrected chi connectivity index (χ2v) is 7.12. The van der Waals surface area contributed by atoms with Crippen LogP contribution >= 0.6 is 0 Å². The highest BCUT2D eigenvalue weighted by atomic mass is 16.2. The molecule has 2 heterocycles. The molecule has 1 aliphatic heterocycles. The lowest BCUT2D eigenvalue weighted by atomic mass is 9.97. The van der Waals surface area contributed by atoms with Gasteiger partial charge in [-0.15, -0.1) is 0 Å². The van der Waals surface area contributed by atoms with Gasteiger partial charge in [-0.05, 0) is 25.3 Å². The second kappa shape index (κ2) is 8.33. The third-order valence-corrected chi connectivity index (χ3v) is 5.15. The van der Waals surface area contributed by atoms with Crippen LogP contribution in [0.1, 0.15) is 49.5 Å². The van der Waals surface area contributed by atoms with Crippen molar-refractivity contribution in [3.8, 4) is 0 Å². The van der Waals surface area contributed by atoms with Crippen LogP contribution in [-0.4, -0.2) is 39.6 Å². The Balaban J connectivity index is 1.99. The number of unbranched alkanes of at least 4 members (excludes halogenated alkanes) is 2. The van der Waals surface area contributed by atoms with Crippen molar-refractivity contribution >= 4 is 22.6 Å². The number of likely N-dealkylation sites (tertiary alicyclic amines) is 1. The summed E-state index contributed by atoms with van der Waals surface area (Å²) in [5, 5.41) is 5.47. The smallest absolute Gasteiger partial charge is 0.274 e. The Morgan fingerprint density at radius 2 is 1.96 bits per heavy atom. The number of primary amides is 1. The molecule has 1 aromatic heterocycles. The SMILES string of the molecule is CCCCCn1nc(C(=O)N2CCCC(C(N)=O)C2)c2ccccc2c1=O. The number of amides is 2. The van der Waals surface area contributed by atoms with E-state index in [0.29, 0.717) is 36.8 Å². The van der Waals surface area contributed by atoms with Crippen LogP contribution < -0.4 is 11.3 Å². The van der Waals surface area contributed by atoms with Crippen molar-refractivity contribution in [3.63, 3.8) is 0 Å². The maximum atomic E-state index is 13.2. The molecule has 3 rings (SSSR count). The Labute approximate surface area is 158 Å². The van der Waals surface area contributed by atoms with Gasteiger partial charge in [-0.1, -0.05) is 38.0 Å². The van der Waals surface area contributed by atoms with E-state index in [1.54, 1.807) is 29.2 Å². The Morgan fingerprint density at radius 1 is 1.22 bits per heavy atom. The van der Waals surface area contributed by atoms with Crippen LogP contribution in [0.15, 0.2) is 29.1 Å². The number of nitrogens with zero attached hydrogens (tertiary/aromatic N) is 3. The van der Waals surface area contributed by atoms with E-state index in [1.165, 1.54) is 4.68 Å². The average molecular weight is 370 g/mol. The number of aryl methyl sites for hydroxylation is 1. The number of hydrogen-bond donors (Lipinski definition) is 1. The first kappa shape index (κ1) is 19.1. The number of benzene rings is 1. The van der Waals surface area contributed by atoms with Crippen LogP contribution in [0.3, 0.4) is 0 Å². The minimum Gasteiger partial charge on any atom is -0.369 e. The lowest BCUT2D eigenvalue weighted by molar-refractivity contribution is -0.123. The largest absolute Gasteiger partial charge is 0.369 e. The second-order valence-electron chi connectivity index (χ2n) is 7.12. The van der Waals surface area contributed by atoms with Crippen LogP contribution in [0.25, 0.3) is 10.8 Å². The molecule has 2 aromatic rings. The first-order valence-electron chi connectivity index (χ1n) is 9.61. The predicted molar refractivity (Wildman–Crippen MR) is 103 cm³/mol. The Hall–Kier alpha value is -2.70. The number of aromatic nitrogens is 2. The molecular weight excluding hydrogens is 344 g/mol. The highest BCUT2D eigenvalue weighted by Gasteiger charge is 2.29. The fraction of sp³-hybridized carbons (Fsp3) is 0.500. The molecule has 0 spiro atoms. The van der Waals surface area contributed by atoms with Gasteiger partial charge >= 0.3 is 0 Å². The molecule has 1 saturated heterocycles. The molecule has 1 fully saturated rings. The number of carbonyl (C=O) groups is 2. The first-order chi connectivity index (χ1) is 13.0. The van der Waals surface area contributed by atoms with Crippen LogP contribution in [0.5, 0.6) is 0 Å². The van der Waals surface area contributed by atoms with E-state index in [0.717, 1.165) is 25.7 Å². The summed E-state index contributed by atoms with van der Waals surface area (Å²) < 4.78 is 1.40. The third-order valence-electron chi connectivity index (χ3n) is 5.15. The van der Waals surface area contributed by atoms with Gasteiger partial charge in [-0.2, -0.15) is 5.10 Å². The maximum absolute atomic E-state index is 13.2. The minimum atomic E-state index is -0.380. The lowest BCUT2D eigenvalue weighted by Crippen LogP contribution is -2.44. The van der Waals surface area contributed by atoms with Gasteiger partial charge in [0.05, 0.1) is 11.3 Å². The van der Waals surface area contributed by atoms with Crippen molar-refractivity contribution in [2.45, 2.75) is 45.6 Å². The van der Waals surface area contributed by atoms with E-state index in [1.807, 2.05) is 0 Å². The summed E-state index contributed by atoms with van der Waals surface area (Å²) in [7, 11) is 0. The zero-order valence-corrected chi connectivity index (χ0v) is 15.7. The van der Waals surface area contributed by atoms with Gasteiger partial charge in [0.1, 0.15) is 0 Å². The Bertz CT molecular complexity index is 906. The molecule has 1 aliphatic rings. The van der Waals surface area contributed by atoms with Crippen molar-refractivity contribution in [1.29, 1.82) is 0 Å². The lowest BCUT2D eigenvalue weighted by Gasteiger charge is -2.31. The minimum absolute atomic E-state index is 0.174. The van der Waals surface area contributed by atoms with Crippen LogP contribution in [0.4, 0.5) is 0 Å². The summed E-state index contributed by atoms with van der Waals surface area (Å²) in [5.74, 6) is -0.958. The van der Waals surface area contributed by atoms with E-state index in [9.17, 15) is 14.4 Å². The average Bonchev–Trinajstić information content (AvgIpc) is 2.69. The maximum Gasteiger partial charge on any atom is 0.274 e. The molecule has 0 aliphatic carbocycles. The molecule has 1 unspecified atom stereocenters. The van der Waals surface area contributed by atoms with Crippen LogP contribution in [-0.2, 0) is 11.3 Å². The van der Waals surface area contributed by atoms with E-state index >= 15 is 0 Å². The Kier molecular flexibility index (Phi) is 5.88. The fourth-order valence-electron chi connectivity index (χ4n) is 3.60. The molecule has 0 saturated carbocycles. The Morgan fingerprint density at radius 3 is 2.67 bits per heavy atom. The van der Waals surface area contributed by atoms with Crippen LogP contribution in [0.2, 0.25) is 0 Å². The summed E-state index contributed by atoms with van der Waals surface area (Å²) >= 11 is 0. The summed E-state index contributed by atoms with van der Waals surface area (Å²) in [6, 6.07) is 7.07. The highest BCUT2D eigenvalue weighted by Crippen LogP contribution is 2.21. The molecule has 1 aromatic carbocycles. The van der Waals surface area contributed by atoms with Crippen molar-refractivity contribution in [3.05, 3.63) is 40.3 Å². The molecular formula is C20H26N4O3. The number of hydrogen-bond acceptors (Lipinski definition) is 4. The van der Waals surface area contributed by atoms with Crippen molar-refractivity contribution in [2.24, 2.45) is 11.7 Å². The van der Waals surface area contributed by atoms with E-state index in [-0.39, 0.29) is 29.0 Å². The van der Waals surface area contributed by atoms with Gasteiger partial charge in [-0.3, -0.25) is 14.4 Å². The number of rotatable bonds is 6. The summed E-state index contributed by atoms with van der Waals surface area (Å²) in [5.41, 5.74) is 5.53. The molecule has 144 valence electrons. The standard InChI is InChI=1S/C20H26N4O3/c1-2-3-6-12-24-19(26)16-10-5-4-9-15(16)17(22-24)20(27)23-11-7-8-14(13-23)18(21)25/h4-5,9-10,14H,2-3,6-8,11-13H2,1H3,(H2,21,25). The van der Waals surface area contributed by atoms with Crippen molar-refractivity contribution in [2.75, 3.05) is 13.1 Å². The van der Waals surface area contributed by atoms with Gasteiger partial charge in [0.15, 0.2) is 5.69 Å². The number of nitrogens with two attached hydrogens (primary N) is 1. The van der Waals surface area contributed by atoms with E-state index in [4.69, 9.17) is 5.73 Å². The molecule has 7 heteroatoms. The zero-order valence-electron chi connectivity index (χ0n) is 15.7. The zero-order chi connectivity index (χ0) is 19.4. The molecule has 2 amide bonds. The van der Waals surface area contributed by atoms with Gasteiger partial charge < -0.3 is 10.6 Å². The van der Waals surface area contributed by atoms with Gasteiger partial charge in [0.25, 0.3) is 11.5 Å². The third kappa shape index (κ3) is 4.02. The fourth-order valence-corrected chi connectivity index (χ4v) is 3.60. The van der Waals surface area contributed by atoms with E-state index in [2.05, 4.69) is 12.0 Å². The first-order valence-corrected chi connectivity index (χ1v) is 9.61. The number of carbonyl (C=O) groups excluding carboxylic acids is 2. The summed E-state index contributed by atoms with van der Waals surface area (Å²) in [4.78, 5) is 39.1. The summed E-state index contributed by atoms with van der Waals surface area (Å²) in [6.45, 7) is 3.45. The monoisotopic (exact) mass is 370 g/mol. The molecule has 0 radical (unpaired) electrons. The predicted octanol–water partition coefficient (Wildman–Crippen LogP) is 1.92. The molecule has 7 nitrogen and oxygen atoms in total. The quantitative estimate of drug-likeness (QED) is 0.786.